The fraction of sp³-hybridized carbons (Fsp3) is 0.190. The second kappa shape index (κ2) is 6.09. The third-order valence-electron chi connectivity index (χ3n) is 5.63. The first-order valence-corrected chi connectivity index (χ1v) is 9.45. The SMILES string of the molecule is N#Cc1c(C2(c3ccc(Cl)cc3)CC2)nn2c1[nH]c(=O)c1cc(C(F)(F)F)ccc12. The number of benzene rings is 2. The van der Waals surface area contributed by atoms with Crippen LogP contribution < -0.4 is 5.56 Å². The molecule has 1 aliphatic rings. The van der Waals surface area contributed by atoms with Crippen LogP contribution in [0, 0.1) is 11.3 Å². The van der Waals surface area contributed by atoms with Crippen molar-refractivity contribution in [2.24, 2.45) is 0 Å². The molecule has 0 amide bonds. The van der Waals surface area contributed by atoms with Gasteiger partial charge in [0.25, 0.3) is 5.56 Å². The molecular weight excluding hydrogens is 417 g/mol. The summed E-state index contributed by atoms with van der Waals surface area (Å²) in [6.07, 6.45) is -3.06. The van der Waals surface area contributed by atoms with Crippen molar-refractivity contribution in [3.05, 3.63) is 80.2 Å². The first-order valence-electron chi connectivity index (χ1n) is 9.07. The molecule has 1 fully saturated rings. The van der Waals surface area contributed by atoms with E-state index in [0.29, 0.717) is 10.7 Å². The van der Waals surface area contributed by atoms with Crippen molar-refractivity contribution in [2.45, 2.75) is 24.4 Å². The van der Waals surface area contributed by atoms with Crippen molar-refractivity contribution in [3.8, 4) is 6.07 Å². The Kier molecular flexibility index (Phi) is 3.80. The summed E-state index contributed by atoms with van der Waals surface area (Å²) in [5.74, 6) is 0. The van der Waals surface area contributed by atoms with E-state index in [-0.39, 0.29) is 22.1 Å². The molecule has 1 N–H and O–H groups in total. The minimum Gasteiger partial charge on any atom is -0.305 e. The van der Waals surface area contributed by atoms with Gasteiger partial charge in [-0.05, 0) is 48.7 Å². The van der Waals surface area contributed by atoms with Gasteiger partial charge in [0.1, 0.15) is 11.6 Å². The minimum absolute atomic E-state index is 0.146. The van der Waals surface area contributed by atoms with Crippen LogP contribution in [0.15, 0.2) is 47.3 Å². The predicted octanol–water partition coefficient (Wildman–Crippen LogP) is 4.80. The topological polar surface area (TPSA) is 74.0 Å². The molecule has 9 heteroatoms. The van der Waals surface area contributed by atoms with Gasteiger partial charge in [-0.2, -0.15) is 23.5 Å². The fourth-order valence-corrected chi connectivity index (χ4v) is 4.08. The van der Waals surface area contributed by atoms with Gasteiger partial charge >= 0.3 is 6.18 Å². The Balaban J connectivity index is 1.79. The zero-order valence-electron chi connectivity index (χ0n) is 15.2. The quantitative estimate of drug-likeness (QED) is 0.498. The Labute approximate surface area is 172 Å². The number of hydrogen-bond acceptors (Lipinski definition) is 3. The molecule has 0 atom stereocenters. The zero-order valence-corrected chi connectivity index (χ0v) is 16.0. The molecule has 5 nitrogen and oxygen atoms in total. The van der Waals surface area contributed by atoms with Gasteiger partial charge in [0.2, 0.25) is 0 Å². The monoisotopic (exact) mass is 428 g/mol. The Morgan fingerprint density at radius 3 is 2.47 bits per heavy atom. The summed E-state index contributed by atoms with van der Waals surface area (Å²) in [7, 11) is 0. The molecule has 0 spiro atoms. The van der Waals surface area contributed by atoms with Crippen LogP contribution in [0.2, 0.25) is 5.02 Å². The van der Waals surface area contributed by atoms with Crippen molar-refractivity contribution in [2.75, 3.05) is 0 Å². The van der Waals surface area contributed by atoms with Gasteiger partial charge in [-0.15, -0.1) is 0 Å². The van der Waals surface area contributed by atoms with E-state index in [1.807, 2.05) is 12.1 Å². The highest BCUT2D eigenvalue weighted by Crippen LogP contribution is 2.54. The van der Waals surface area contributed by atoms with Crippen LogP contribution in [-0.2, 0) is 11.6 Å². The Morgan fingerprint density at radius 1 is 1.17 bits per heavy atom. The van der Waals surface area contributed by atoms with Crippen LogP contribution in [0.3, 0.4) is 0 Å². The number of aromatic nitrogens is 3. The van der Waals surface area contributed by atoms with Gasteiger partial charge in [-0.3, -0.25) is 4.79 Å². The number of nitrogens with one attached hydrogen (secondary N) is 1. The highest BCUT2D eigenvalue weighted by atomic mass is 35.5. The largest absolute Gasteiger partial charge is 0.416 e. The van der Waals surface area contributed by atoms with Crippen molar-refractivity contribution in [3.63, 3.8) is 0 Å². The first kappa shape index (κ1) is 18.7. The summed E-state index contributed by atoms with van der Waals surface area (Å²) in [6.45, 7) is 0. The molecule has 150 valence electrons. The fourth-order valence-electron chi connectivity index (χ4n) is 3.96. The smallest absolute Gasteiger partial charge is 0.305 e. The van der Waals surface area contributed by atoms with Gasteiger partial charge in [0, 0.05) is 10.4 Å². The lowest BCUT2D eigenvalue weighted by Gasteiger charge is -2.13. The van der Waals surface area contributed by atoms with Crippen molar-refractivity contribution in [1.29, 1.82) is 5.26 Å². The molecule has 2 aromatic carbocycles. The van der Waals surface area contributed by atoms with Gasteiger partial charge < -0.3 is 4.98 Å². The lowest BCUT2D eigenvalue weighted by Crippen LogP contribution is -2.13. The third kappa shape index (κ3) is 2.62. The number of halogens is 4. The standard InChI is InChI=1S/C21H12ClF3N4O/c22-13-4-1-11(2-5-13)20(7-8-20)17-15(10-26)18-27-19(30)14-9-12(21(23,24)25)3-6-16(14)29(18)28-17/h1-6,9H,7-8H2,(H,27,30). The van der Waals surface area contributed by atoms with Gasteiger partial charge in [-0.1, -0.05) is 23.7 Å². The molecule has 0 aliphatic heterocycles. The van der Waals surface area contributed by atoms with E-state index in [4.69, 9.17) is 11.6 Å². The molecule has 0 radical (unpaired) electrons. The second-order valence-electron chi connectivity index (χ2n) is 7.37. The molecule has 2 heterocycles. The van der Waals surface area contributed by atoms with Gasteiger partial charge in [-0.25, -0.2) is 4.52 Å². The molecular formula is C21H12ClF3N4O. The lowest BCUT2D eigenvalue weighted by atomic mass is 9.90. The Bertz CT molecular complexity index is 1420. The molecule has 1 aliphatic carbocycles. The van der Waals surface area contributed by atoms with Crippen molar-refractivity contribution < 1.29 is 13.2 Å². The number of hydrogen-bond donors (Lipinski definition) is 1. The average Bonchev–Trinajstić information content (AvgIpc) is 3.43. The maximum absolute atomic E-state index is 13.1. The van der Waals surface area contributed by atoms with Crippen LogP contribution in [0.1, 0.15) is 35.2 Å². The van der Waals surface area contributed by atoms with Crippen LogP contribution in [0.5, 0.6) is 0 Å². The summed E-state index contributed by atoms with van der Waals surface area (Å²) in [6, 6.07) is 12.3. The maximum atomic E-state index is 13.1. The maximum Gasteiger partial charge on any atom is 0.416 e. The third-order valence-corrected chi connectivity index (χ3v) is 5.88. The van der Waals surface area contributed by atoms with E-state index >= 15 is 0 Å². The van der Waals surface area contributed by atoms with Gasteiger partial charge in [0.15, 0.2) is 5.65 Å². The first-order chi connectivity index (χ1) is 14.2. The second-order valence-corrected chi connectivity index (χ2v) is 7.81. The van der Waals surface area contributed by atoms with E-state index in [1.165, 1.54) is 10.6 Å². The summed E-state index contributed by atoms with van der Waals surface area (Å²) in [4.78, 5) is 15.1. The molecule has 0 unspecified atom stereocenters. The molecule has 2 aromatic heterocycles. The van der Waals surface area contributed by atoms with E-state index < -0.39 is 22.7 Å². The number of rotatable bonds is 2. The summed E-state index contributed by atoms with van der Waals surface area (Å²) in [5, 5.41) is 14.8. The highest BCUT2D eigenvalue weighted by Gasteiger charge is 2.50. The van der Waals surface area contributed by atoms with Crippen molar-refractivity contribution >= 4 is 28.2 Å². The van der Waals surface area contributed by atoms with E-state index in [1.54, 1.807) is 12.1 Å². The number of nitrogens with zero attached hydrogens (tertiary/aromatic N) is 3. The van der Waals surface area contributed by atoms with E-state index in [2.05, 4.69) is 16.2 Å². The molecule has 30 heavy (non-hydrogen) atoms. The summed E-state index contributed by atoms with van der Waals surface area (Å²) < 4.78 is 40.6. The van der Waals surface area contributed by atoms with Crippen LogP contribution in [-0.4, -0.2) is 14.6 Å². The summed E-state index contributed by atoms with van der Waals surface area (Å²) in [5.41, 5.74) is -0.0945. The zero-order chi connectivity index (χ0) is 21.3. The number of fused-ring (bicyclic) bond motifs is 3. The molecule has 4 aromatic rings. The number of nitriles is 1. The van der Waals surface area contributed by atoms with Crippen LogP contribution >= 0.6 is 11.6 Å². The molecule has 0 bridgehead atoms. The van der Waals surface area contributed by atoms with Crippen molar-refractivity contribution in [1.82, 2.24) is 14.6 Å². The Morgan fingerprint density at radius 2 is 1.87 bits per heavy atom. The van der Waals surface area contributed by atoms with Crippen LogP contribution in [0.4, 0.5) is 13.2 Å². The van der Waals surface area contributed by atoms with E-state index in [0.717, 1.165) is 30.5 Å². The predicted molar refractivity (Wildman–Crippen MR) is 105 cm³/mol. The highest BCUT2D eigenvalue weighted by molar-refractivity contribution is 6.30. The van der Waals surface area contributed by atoms with Gasteiger partial charge in [0.05, 0.1) is 22.2 Å². The normalized spacial score (nSPS) is 15.4. The molecule has 0 saturated heterocycles. The van der Waals surface area contributed by atoms with E-state index in [9.17, 15) is 23.2 Å². The number of alkyl halides is 3. The average molecular weight is 429 g/mol. The number of H-pyrrole nitrogens is 1. The molecule has 5 rings (SSSR count). The minimum atomic E-state index is -4.57. The molecule has 1 saturated carbocycles. The summed E-state index contributed by atoms with van der Waals surface area (Å²) >= 11 is 5.99. The van der Waals surface area contributed by atoms with Crippen LogP contribution in [0.25, 0.3) is 16.6 Å². The number of aromatic amines is 1. The lowest BCUT2D eigenvalue weighted by molar-refractivity contribution is -0.137. The Hall–Kier alpha value is -3.31.